The molecule has 134 valence electrons. The van der Waals surface area contributed by atoms with Crippen molar-refractivity contribution in [1.82, 2.24) is 10.1 Å². The molecule has 1 fully saturated rings. The first-order chi connectivity index (χ1) is 12.2. The van der Waals surface area contributed by atoms with Crippen molar-refractivity contribution >= 4 is 17.5 Å². The highest BCUT2D eigenvalue weighted by Crippen LogP contribution is 2.29. The van der Waals surface area contributed by atoms with Gasteiger partial charge in [-0.05, 0) is 25.0 Å². The topological polar surface area (TPSA) is 64.8 Å². The number of carbonyl (C=O) groups excluding carboxylic acids is 1. The van der Waals surface area contributed by atoms with E-state index in [9.17, 15) is 4.79 Å². The average Bonchev–Trinajstić information content (AvgIpc) is 2.93. The fraction of sp³-hybridized carbons (Fsp3) is 0.444. The van der Waals surface area contributed by atoms with E-state index in [-0.39, 0.29) is 12.5 Å². The Bertz CT molecular complexity index is 724. The van der Waals surface area contributed by atoms with Crippen molar-refractivity contribution in [3.05, 3.63) is 40.7 Å². The lowest BCUT2D eigenvalue weighted by Crippen LogP contribution is -2.32. The molecule has 2 aromatic rings. The number of hydrogen-bond acceptors (Lipinski definition) is 5. The molecule has 0 aliphatic carbocycles. The van der Waals surface area contributed by atoms with Gasteiger partial charge in [-0.15, -0.1) is 0 Å². The summed E-state index contributed by atoms with van der Waals surface area (Å²) in [5.74, 6) is 1.56. The monoisotopic (exact) mass is 364 g/mol. The molecule has 0 saturated carbocycles. The maximum Gasteiger partial charge on any atom is 0.276 e. The van der Waals surface area contributed by atoms with E-state index in [0.717, 1.165) is 25.9 Å². The van der Waals surface area contributed by atoms with E-state index in [1.807, 2.05) is 4.90 Å². The van der Waals surface area contributed by atoms with Crippen molar-refractivity contribution in [3.8, 4) is 11.5 Å². The van der Waals surface area contributed by atoms with Crippen LogP contribution >= 0.6 is 11.6 Å². The summed E-state index contributed by atoms with van der Waals surface area (Å²) < 4.78 is 16.0. The van der Waals surface area contributed by atoms with Gasteiger partial charge >= 0.3 is 0 Å². The molecule has 0 unspecified atom stereocenters. The van der Waals surface area contributed by atoms with E-state index >= 15 is 0 Å². The van der Waals surface area contributed by atoms with Crippen molar-refractivity contribution < 1.29 is 18.8 Å². The molecular formula is C18H21ClN2O4. The fourth-order valence-electron chi connectivity index (χ4n) is 2.79. The minimum absolute atomic E-state index is 0.0839. The summed E-state index contributed by atoms with van der Waals surface area (Å²) >= 11 is 6.14. The fourth-order valence-corrected chi connectivity index (χ4v) is 3.02. The van der Waals surface area contributed by atoms with Crippen LogP contribution in [0, 0.1) is 0 Å². The lowest BCUT2D eigenvalue weighted by Gasteiger charge is -2.18. The normalized spacial score (nSPS) is 14.9. The van der Waals surface area contributed by atoms with Crippen LogP contribution in [0.1, 0.15) is 41.9 Å². The van der Waals surface area contributed by atoms with Gasteiger partial charge < -0.3 is 18.9 Å². The quantitative estimate of drug-likeness (QED) is 0.804. The zero-order chi connectivity index (χ0) is 17.6. The number of amides is 1. The van der Waals surface area contributed by atoms with E-state index < -0.39 is 0 Å². The van der Waals surface area contributed by atoms with Gasteiger partial charge in [0.05, 0.1) is 12.1 Å². The Kier molecular flexibility index (Phi) is 5.81. The standard InChI is InChI=1S/C18H21ClN2O4/c1-23-13-6-7-17(15(19)10-13)24-12-14-11-16(20-25-14)18(22)21-8-4-2-3-5-9-21/h6-7,10-11H,2-5,8-9,12H2,1H3. The molecule has 0 bridgehead atoms. The van der Waals surface area contributed by atoms with Crippen LogP contribution in [-0.4, -0.2) is 36.2 Å². The number of ether oxygens (including phenoxy) is 2. The van der Waals surface area contributed by atoms with Gasteiger partial charge in [0.25, 0.3) is 5.91 Å². The number of rotatable bonds is 5. The molecule has 6 nitrogen and oxygen atoms in total. The van der Waals surface area contributed by atoms with Crippen LogP contribution < -0.4 is 9.47 Å². The molecule has 0 atom stereocenters. The van der Waals surface area contributed by atoms with E-state index in [4.69, 9.17) is 25.6 Å². The Morgan fingerprint density at radius 3 is 2.68 bits per heavy atom. The van der Waals surface area contributed by atoms with Crippen LogP contribution in [0.4, 0.5) is 0 Å². The Hall–Kier alpha value is -2.21. The molecular weight excluding hydrogens is 344 g/mol. The molecule has 1 aromatic heterocycles. The van der Waals surface area contributed by atoms with Crippen LogP contribution in [0.15, 0.2) is 28.8 Å². The maximum atomic E-state index is 12.5. The number of methoxy groups -OCH3 is 1. The lowest BCUT2D eigenvalue weighted by atomic mass is 10.2. The highest BCUT2D eigenvalue weighted by atomic mass is 35.5. The Morgan fingerprint density at radius 1 is 1.24 bits per heavy atom. The van der Waals surface area contributed by atoms with Gasteiger partial charge in [-0.2, -0.15) is 0 Å². The number of aromatic nitrogens is 1. The van der Waals surface area contributed by atoms with E-state index in [1.165, 1.54) is 12.8 Å². The molecule has 1 aliphatic rings. The van der Waals surface area contributed by atoms with E-state index in [2.05, 4.69) is 5.16 Å². The molecule has 1 aromatic carbocycles. The third kappa shape index (κ3) is 4.45. The molecule has 7 heteroatoms. The van der Waals surface area contributed by atoms with E-state index in [1.54, 1.807) is 31.4 Å². The molecule has 0 radical (unpaired) electrons. The smallest absolute Gasteiger partial charge is 0.276 e. The van der Waals surface area contributed by atoms with Gasteiger partial charge in [-0.3, -0.25) is 4.79 Å². The lowest BCUT2D eigenvalue weighted by molar-refractivity contribution is 0.0751. The van der Waals surface area contributed by atoms with Gasteiger partial charge in [-0.1, -0.05) is 29.6 Å². The molecule has 0 spiro atoms. The second-order valence-corrected chi connectivity index (χ2v) is 6.38. The summed E-state index contributed by atoms with van der Waals surface area (Å²) in [7, 11) is 1.57. The highest BCUT2D eigenvalue weighted by Gasteiger charge is 2.21. The number of nitrogens with zero attached hydrogens (tertiary/aromatic N) is 2. The largest absolute Gasteiger partial charge is 0.497 e. The number of likely N-dealkylation sites (tertiary alicyclic amines) is 1. The van der Waals surface area contributed by atoms with Gasteiger partial charge in [0, 0.05) is 25.2 Å². The number of hydrogen-bond donors (Lipinski definition) is 0. The summed E-state index contributed by atoms with van der Waals surface area (Å²) in [5.41, 5.74) is 0.321. The van der Waals surface area contributed by atoms with Gasteiger partial charge in [0.1, 0.15) is 18.1 Å². The van der Waals surface area contributed by atoms with E-state index in [0.29, 0.717) is 28.0 Å². The highest BCUT2D eigenvalue weighted by molar-refractivity contribution is 6.32. The number of carbonyl (C=O) groups is 1. The Morgan fingerprint density at radius 2 is 2.00 bits per heavy atom. The average molecular weight is 365 g/mol. The van der Waals surface area contributed by atoms with Gasteiger partial charge in [-0.25, -0.2) is 0 Å². The summed E-state index contributed by atoms with van der Waals surface area (Å²) in [6, 6.07) is 6.78. The van der Waals surface area contributed by atoms with Crippen molar-refractivity contribution in [1.29, 1.82) is 0 Å². The molecule has 1 saturated heterocycles. The van der Waals surface area contributed by atoms with Crippen molar-refractivity contribution in [2.24, 2.45) is 0 Å². The summed E-state index contributed by atoms with van der Waals surface area (Å²) in [6.45, 7) is 1.70. The van der Waals surface area contributed by atoms with Gasteiger partial charge in [0.15, 0.2) is 11.5 Å². The van der Waals surface area contributed by atoms with Gasteiger partial charge in [0.2, 0.25) is 0 Å². The second-order valence-electron chi connectivity index (χ2n) is 5.97. The molecule has 3 rings (SSSR count). The number of halogens is 1. The summed E-state index contributed by atoms with van der Waals surface area (Å²) in [5, 5.41) is 4.33. The molecule has 2 heterocycles. The molecule has 1 aliphatic heterocycles. The first kappa shape index (κ1) is 17.6. The first-order valence-electron chi connectivity index (χ1n) is 8.38. The van der Waals surface area contributed by atoms with Crippen LogP contribution in [-0.2, 0) is 6.61 Å². The summed E-state index contributed by atoms with van der Waals surface area (Å²) in [4.78, 5) is 14.3. The van der Waals surface area contributed by atoms with Crippen LogP contribution in [0.3, 0.4) is 0 Å². The van der Waals surface area contributed by atoms with Crippen molar-refractivity contribution in [3.63, 3.8) is 0 Å². The third-order valence-electron chi connectivity index (χ3n) is 4.18. The summed E-state index contributed by atoms with van der Waals surface area (Å²) in [6.07, 6.45) is 4.42. The minimum atomic E-state index is -0.0839. The SMILES string of the molecule is COc1ccc(OCc2cc(C(=O)N3CCCCCC3)no2)c(Cl)c1. The van der Waals surface area contributed by atoms with Crippen LogP contribution in [0.25, 0.3) is 0 Å². The zero-order valence-electron chi connectivity index (χ0n) is 14.2. The second kappa shape index (κ2) is 8.25. The Balaban J connectivity index is 1.60. The minimum Gasteiger partial charge on any atom is -0.497 e. The molecule has 0 N–H and O–H groups in total. The van der Waals surface area contributed by atoms with Crippen molar-refractivity contribution in [2.45, 2.75) is 32.3 Å². The van der Waals surface area contributed by atoms with Crippen molar-refractivity contribution in [2.75, 3.05) is 20.2 Å². The zero-order valence-corrected chi connectivity index (χ0v) is 14.9. The Labute approximate surface area is 151 Å². The molecule has 25 heavy (non-hydrogen) atoms. The predicted octanol–water partition coefficient (Wildman–Crippen LogP) is 3.93. The van der Waals surface area contributed by atoms with Crippen LogP contribution in [0.5, 0.6) is 11.5 Å². The number of benzene rings is 1. The maximum absolute atomic E-state index is 12.5. The van der Waals surface area contributed by atoms with Crippen LogP contribution in [0.2, 0.25) is 5.02 Å². The third-order valence-corrected chi connectivity index (χ3v) is 4.48. The first-order valence-corrected chi connectivity index (χ1v) is 8.76. The predicted molar refractivity (Wildman–Crippen MR) is 93.2 cm³/mol. The molecule has 1 amide bonds.